The van der Waals surface area contributed by atoms with E-state index in [4.69, 9.17) is 4.74 Å². The lowest BCUT2D eigenvalue weighted by Gasteiger charge is -2.17. The van der Waals surface area contributed by atoms with Crippen LogP contribution < -0.4 is 10.3 Å². The minimum atomic E-state index is -0.0218. The lowest BCUT2D eigenvalue weighted by atomic mass is 10.1. The van der Waals surface area contributed by atoms with Crippen molar-refractivity contribution in [2.45, 2.75) is 20.0 Å². The second-order valence-electron chi connectivity index (χ2n) is 6.19. The van der Waals surface area contributed by atoms with Crippen LogP contribution in [0.1, 0.15) is 16.7 Å². The molecule has 0 bridgehead atoms. The van der Waals surface area contributed by atoms with E-state index in [9.17, 15) is 4.79 Å². The van der Waals surface area contributed by atoms with Gasteiger partial charge in [0.1, 0.15) is 5.75 Å². The third kappa shape index (κ3) is 3.49. The monoisotopic (exact) mass is 322 g/mol. The number of hydrogen-bond donors (Lipinski definition) is 1. The summed E-state index contributed by atoms with van der Waals surface area (Å²) < 4.78 is 5.30. The Kier molecular flexibility index (Phi) is 4.67. The highest BCUT2D eigenvalue weighted by atomic mass is 16.5. The summed E-state index contributed by atoms with van der Waals surface area (Å²) in [6.07, 6.45) is 0. The zero-order chi connectivity index (χ0) is 17.1. The van der Waals surface area contributed by atoms with E-state index in [0.29, 0.717) is 6.54 Å². The molecule has 1 N–H and O–H groups in total. The van der Waals surface area contributed by atoms with Crippen molar-refractivity contribution in [1.29, 1.82) is 0 Å². The Labute approximate surface area is 141 Å². The number of nitrogens with one attached hydrogen (secondary N) is 1. The molecule has 0 atom stereocenters. The number of ether oxygens (including phenoxy) is 1. The zero-order valence-electron chi connectivity index (χ0n) is 14.3. The Balaban J connectivity index is 1.77. The third-order valence-electron chi connectivity index (χ3n) is 4.18. The number of para-hydroxylation sites is 1. The molecular weight excluding hydrogens is 300 g/mol. The lowest BCUT2D eigenvalue weighted by molar-refractivity contribution is 0.317. The number of rotatable bonds is 5. The van der Waals surface area contributed by atoms with Gasteiger partial charge in [-0.05, 0) is 48.7 Å². The molecule has 0 aliphatic rings. The molecule has 4 nitrogen and oxygen atoms in total. The molecule has 0 spiro atoms. The van der Waals surface area contributed by atoms with Crippen LogP contribution in [0.5, 0.6) is 5.75 Å². The molecule has 124 valence electrons. The number of aromatic nitrogens is 1. The molecule has 0 saturated carbocycles. The van der Waals surface area contributed by atoms with Crippen LogP contribution in [0.25, 0.3) is 10.9 Å². The van der Waals surface area contributed by atoms with Gasteiger partial charge in [-0.2, -0.15) is 0 Å². The maximum absolute atomic E-state index is 12.3. The first-order chi connectivity index (χ1) is 11.6. The van der Waals surface area contributed by atoms with E-state index in [1.165, 1.54) is 5.56 Å². The topological polar surface area (TPSA) is 45.3 Å². The van der Waals surface area contributed by atoms with Crippen LogP contribution in [-0.4, -0.2) is 24.0 Å². The molecule has 1 aromatic heterocycles. The van der Waals surface area contributed by atoms with Crippen LogP contribution in [-0.2, 0) is 13.1 Å². The number of H-pyrrole nitrogens is 1. The number of nitrogens with zero attached hydrogens (tertiary/aromatic N) is 1. The fraction of sp³-hybridized carbons (Fsp3) is 0.250. The van der Waals surface area contributed by atoms with Crippen LogP contribution in [0.2, 0.25) is 0 Å². The van der Waals surface area contributed by atoms with E-state index in [2.05, 4.69) is 22.0 Å². The molecule has 0 unspecified atom stereocenters. The quantitative estimate of drug-likeness (QED) is 0.782. The molecule has 1 heterocycles. The summed E-state index contributed by atoms with van der Waals surface area (Å²) in [7, 11) is 3.70. The summed E-state index contributed by atoms with van der Waals surface area (Å²) in [6.45, 7) is 3.42. The first kappa shape index (κ1) is 16.3. The van der Waals surface area contributed by atoms with Crippen LogP contribution in [0.4, 0.5) is 0 Å². The van der Waals surface area contributed by atoms with Crippen molar-refractivity contribution in [2.24, 2.45) is 0 Å². The molecule has 3 rings (SSSR count). The number of fused-ring (bicyclic) bond motifs is 1. The van der Waals surface area contributed by atoms with Crippen LogP contribution in [0.15, 0.2) is 53.3 Å². The number of methoxy groups -OCH3 is 1. The molecule has 0 aliphatic heterocycles. The van der Waals surface area contributed by atoms with Gasteiger partial charge in [0.15, 0.2) is 0 Å². The van der Waals surface area contributed by atoms with Gasteiger partial charge in [-0.3, -0.25) is 9.69 Å². The minimum absolute atomic E-state index is 0.0218. The van der Waals surface area contributed by atoms with Gasteiger partial charge in [-0.15, -0.1) is 0 Å². The van der Waals surface area contributed by atoms with Gasteiger partial charge in [0.2, 0.25) is 0 Å². The SMILES string of the molecule is COc1ccc(CN(C)Cc2cc3ccccc3[nH]c2=O)cc1C. The number of hydrogen-bond acceptors (Lipinski definition) is 3. The van der Waals surface area contributed by atoms with Crippen molar-refractivity contribution in [2.75, 3.05) is 14.2 Å². The van der Waals surface area contributed by atoms with E-state index in [-0.39, 0.29) is 5.56 Å². The van der Waals surface area contributed by atoms with E-state index < -0.39 is 0 Å². The highest BCUT2D eigenvalue weighted by Gasteiger charge is 2.08. The van der Waals surface area contributed by atoms with Gasteiger partial charge in [0.25, 0.3) is 5.56 Å². The maximum Gasteiger partial charge on any atom is 0.252 e. The average molecular weight is 322 g/mol. The normalized spacial score (nSPS) is 11.2. The average Bonchev–Trinajstić information content (AvgIpc) is 2.55. The Morgan fingerprint density at radius 3 is 2.62 bits per heavy atom. The summed E-state index contributed by atoms with van der Waals surface area (Å²) in [5, 5.41) is 1.06. The lowest BCUT2D eigenvalue weighted by Crippen LogP contribution is -2.23. The molecule has 24 heavy (non-hydrogen) atoms. The molecule has 0 aliphatic carbocycles. The second kappa shape index (κ2) is 6.89. The van der Waals surface area contributed by atoms with E-state index in [0.717, 1.165) is 34.3 Å². The fourth-order valence-electron chi connectivity index (χ4n) is 3.01. The predicted molar refractivity (Wildman–Crippen MR) is 97.5 cm³/mol. The van der Waals surface area contributed by atoms with Crippen LogP contribution >= 0.6 is 0 Å². The standard InChI is InChI=1S/C20H22N2O2/c1-14-10-15(8-9-19(14)24-3)12-22(2)13-17-11-16-6-4-5-7-18(16)21-20(17)23/h4-11H,12-13H2,1-3H3,(H,21,23). The van der Waals surface area contributed by atoms with Crippen molar-refractivity contribution in [3.63, 3.8) is 0 Å². The van der Waals surface area contributed by atoms with E-state index >= 15 is 0 Å². The van der Waals surface area contributed by atoms with Gasteiger partial charge >= 0.3 is 0 Å². The smallest absolute Gasteiger partial charge is 0.252 e. The summed E-state index contributed by atoms with van der Waals surface area (Å²) in [4.78, 5) is 17.4. The van der Waals surface area contributed by atoms with Gasteiger partial charge in [0.05, 0.1) is 7.11 Å². The number of pyridine rings is 1. The van der Waals surface area contributed by atoms with Gasteiger partial charge in [0, 0.05) is 24.2 Å². The molecule has 0 saturated heterocycles. The molecule has 2 aromatic carbocycles. The number of aromatic amines is 1. The van der Waals surface area contributed by atoms with Crippen LogP contribution in [0, 0.1) is 6.92 Å². The van der Waals surface area contributed by atoms with E-state index in [1.807, 2.05) is 50.4 Å². The van der Waals surface area contributed by atoms with Crippen LogP contribution in [0.3, 0.4) is 0 Å². The molecule has 0 amide bonds. The molecule has 0 fully saturated rings. The van der Waals surface area contributed by atoms with Crippen molar-refractivity contribution in [3.8, 4) is 5.75 Å². The summed E-state index contributed by atoms with van der Waals surface area (Å²) in [6, 6.07) is 16.0. The third-order valence-corrected chi connectivity index (χ3v) is 4.18. The van der Waals surface area contributed by atoms with Crippen molar-refractivity contribution in [3.05, 3.63) is 75.6 Å². The predicted octanol–water partition coefficient (Wildman–Crippen LogP) is 3.48. The second-order valence-corrected chi connectivity index (χ2v) is 6.19. The largest absolute Gasteiger partial charge is 0.496 e. The Hall–Kier alpha value is -2.59. The summed E-state index contributed by atoms with van der Waals surface area (Å²) in [5.41, 5.74) is 3.95. The van der Waals surface area contributed by atoms with Crippen molar-refractivity contribution in [1.82, 2.24) is 9.88 Å². The highest BCUT2D eigenvalue weighted by Crippen LogP contribution is 2.19. The molecule has 4 heteroatoms. The molecule has 0 radical (unpaired) electrons. The van der Waals surface area contributed by atoms with Gasteiger partial charge in [-0.1, -0.05) is 30.3 Å². The Bertz CT molecular complexity index is 915. The fourth-order valence-corrected chi connectivity index (χ4v) is 3.01. The first-order valence-corrected chi connectivity index (χ1v) is 8.00. The molecular formula is C20H22N2O2. The van der Waals surface area contributed by atoms with Gasteiger partial charge < -0.3 is 9.72 Å². The zero-order valence-corrected chi connectivity index (χ0v) is 14.3. The van der Waals surface area contributed by atoms with Gasteiger partial charge in [-0.25, -0.2) is 0 Å². The Morgan fingerprint density at radius 1 is 1.08 bits per heavy atom. The molecule has 3 aromatic rings. The highest BCUT2D eigenvalue weighted by molar-refractivity contribution is 5.78. The number of benzene rings is 2. The maximum atomic E-state index is 12.3. The van der Waals surface area contributed by atoms with Crippen molar-refractivity contribution < 1.29 is 4.74 Å². The van der Waals surface area contributed by atoms with E-state index in [1.54, 1.807) is 7.11 Å². The minimum Gasteiger partial charge on any atom is -0.496 e. The van der Waals surface area contributed by atoms with Crippen molar-refractivity contribution >= 4 is 10.9 Å². The summed E-state index contributed by atoms with van der Waals surface area (Å²) in [5.74, 6) is 0.896. The first-order valence-electron chi connectivity index (χ1n) is 8.00. The summed E-state index contributed by atoms with van der Waals surface area (Å²) >= 11 is 0. The Morgan fingerprint density at radius 2 is 1.88 bits per heavy atom. The number of aryl methyl sites for hydroxylation is 1.